The molecule has 0 spiro atoms. The van der Waals surface area contributed by atoms with Crippen molar-refractivity contribution in [2.75, 3.05) is 6.61 Å². The van der Waals surface area contributed by atoms with Gasteiger partial charge in [-0.25, -0.2) is 0 Å². The van der Waals surface area contributed by atoms with Gasteiger partial charge in [-0.2, -0.15) is 0 Å². The van der Waals surface area contributed by atoms with Crippen LogP contribution >= 0.6 is 11.6 Å². The second-order valence-corrected chi connectivity index (χ2v) is 5.77. The van der Waals surface area contributed by atoms with Crippen LogP contribution in [0.3, 0.4) is 0 Å². The van der Waals surface area contributed by atoms with Crippen LogP contribution in [0.25, 0.3) is 0 Å². The fraction of sp³-hybridized carbons (Fsp3) is 0.500. The molecule has 0 bridgehead atoms. The van der Waals surface area contributed by atoms with Gasteiger partial charge in [-0.3, -0.25) is 0 Å². The highest BCUT2D eigenvalue weighted by Crippen LogP contribution is 2.27. The monoisotopic (exact) mass is 306 g/mol. The van der Waals surface area contributed by atoms with E-state index in [0.717, 1.165) is 31.4 Å². The molecule has 3 rings (SSSR count). The van der Waals surface area contributed by atoms with Gasteiger partial charge in [0.1, 0.15) is 5.38 Å². The summed E-state index contributed by atoms with van der Waals surface area (Å²) < 4.78 is 11.4. The average Bonchev–Trinajstić information content (AvgIpc) is 3.03. The molecular formula is C16H19ClN2O2. The van der Waals surface area contributed by atoms with Crippen LogP contribution in [0.4, 0.5) is 0 Å². The van der Waals surface area contributed by atoms with Crippen molar-refractivity contribution in [3.8, 4) is 0 Å². The maximum atomic E-state index is 6.37. The van der Waals surface area contributed by atoms with E-state index in [2.05, 4.69) is 10.2 Å². The average molecular weight is 307 g/mol. The second-order valence-electron chi connectivity index (χ2n) is 5.33. The van der Waals surface area contributed by atoms with E-state index in [1.165, 1.54) is 12.8 Å². The molecule has 1 aliphatic heterocycles. The van der Waals surface area contributed by atoms with E-state index in [9.17, 15) is 0 Å². The lowest BCUT2D eigenvalue weighted by atomic mass is 10.0. The third kappa shape index (κ3) is 3.83. The maximum absolute atomic E-state index is 6.37. The Bertz CT molecular complexity index is 552. The lowest BCUT2D eigenvalue weighted by Crippen LogP contribution is -2.19. The number of hydrogen-bond acceptors (Lipinski definition) is 4. The minimum Gasteiger partial charge on any atom is -0.423 e. The normalized spacial score (nSPS) is 20.3. The minimum absolute atomic E-state index is 0.329. The molecule has 1 aromatic carbocycles. The van der Waals surface area contributed by atoms with Gasteiger partial charge in [0, 0.05) is 13.0 Å². The van der Waals surface area contributed by atoms with E-state index in [4.69, 9.17) is 20.8 Å². The summed E-state index contributed by atoms with van der Waals surface area (Å²) in [5, 5.41) is 7.77. The molecule has 0 amide bonds. The molecular weight excluding hydrogens is 288 g/mol. The number of rotatable bonds is 5. The minimum atomic E-state index is -0.390. The van der Waals surface area contributed by atoms with Crippen molar-refractivity contribution < 1.29 is 9.15 Å². The number of aromatic nitrogens is 2. The van der Waals surface area contributed by atoms with Crippen molar-refractivity contribution >= 4 is 11.6 Å². The summed E-state index contributed by atoms with van der Waals surface area (Å²) >= 11 is 6.37. The van der Waals surface area contributed by atoms with Gasteiger partial charge in [0.2, 0.25) is 11.8 Å². The smallest absolute Gasteiger partial charge is 0.238 e. The number of benzene rings is 1. The van der Waals surface area contributed by atoms with Crippen molar-refractivity contribution in [1.82, 2.24) is 10.2 Å². The van der Waals surface area contributed by atoms with Crippen LogP contribution in [0.1, 0.15) is 48.4 Å². The topological polar surface area (TPSA) is 48.2 Å². The number of nitrogens with zero attached hydrogens (tertiary/aromatic N) is 2. The molecule has 5 heteroatoms. The van der Waals surface area contributed by atoms with Gasteiger partial charge >= 0.3 is 0 Å². The molecule has 2 atom stereocenters. The summed E-state index contributed by atoms with van der Waals surface area (Å²) in [6, 6.07) is 9.76. The van der Waals surface area contributed by atoms with E-state index in [1.807, 2.05) is 30.3 Å². The molecule has 0 N–H and O–H groups in total. The molecule has 1 aromatic heterocycles. The van der Waals surface area contributed by atoms with Crippen molar-refractivity contribution in [1.29, 1.82) is 0 Å². The molecule has 2 aromatic rings. The first-order chi connectivity index (χ1) is 10.3. The van der Waals surface area contributed by atoms with E-state index in [0.29, 0.717) is 17.9 Å². The summed E-state index contributed by atoms with van der Waals surface area (Å²) in [6.07, 6.45) is 5.55. The van der Waals surface area contributed by atoms with Gasteiger partial charge in [0.25, 0.3) is 0 Å². The molecule has 0 aliphatic carbocycles. The Balaban J connectivity index is 1.58. The second kappa shape index (κ2) is 7.05. The highest BCUT2D eigenvalue weighted by atomic mass is 35.5. The highest BCUT2D eigenvalue weighted by Gasteiger charge is 2.19. The van der Waals surface area contributed by atoms with Gasteiger partial charge in [0.05, 0.1) is 6.10 Å². The molecule has 0 radical (unpaired) electrons. The van der Waals surface area contributed by atoms with Gasteiger partial charge in [-0.05, 0) is 31.2 Å². The number of alkyl halides is 1. The number of halogens is 1. The molecule has 1 fully saturated rings. The van der Waals surface area contributed by atoms with E-state index >= 15 is 0 Å². The van der Waals surface area contributed by atoms with Crippen molar-refractivity contribution in [3.05, 3.63) is 47.7 Å². The van der Waals surface area contributed by atoms with Crippen LogP contribution in [0.15, 0.2) is 34.7 Å². The number of aryl methyl sites for hydroxylation is 1. The van der Waals surface area contributed by atoms with Gasteiger partial charge in [-0.15, -0.1) is 21.8 Å². The maximum Gasteiger partial charge on any atom is 0.238 e. The van der Waals surface area contributed by atoms with E-state index in [1.54, 1.807) is 0 Å². The lowest BCUT2D eigenvalue weighted by molar-refractivity contribution is 0.0105. The number of ether oxygens (including phenoxy) is 1. The lowest BCUT2D eigenvalue weighted by Gasteiger charge is -2.21. The Morgan fingerprint density at radius 3 is 2.81 bits per heavy atom. The Morgan fingerprint density at radius 1 is 1.19 bits per heavy atom. The fourth-order valence-corrected chi connectivity index (χ4v) is 2.79. The Labute approximate surface area is 129 Å². The zero-order chi connectivity index (χ0) is 14.5. The van der Waals surface area contributed by atoms with Gasteiger partial charge < -0.3 is 9.15 Å². The predicted octanol–water partition coefficient (Wildman–Crippen LogP) is 3.90. The van der Waals surface area contributed by atoms with Crippen LogP contribution < -0.4 is 0 Å². The molecule has 21 heavy (non-hydrogen) atoms. The summed E-state index contributed by atoms with van der Waals surface area (Å²) in [5.41, 5.74) is 0.963. The Kier molecular flexibility index (Phi) is 4.88. The zero-order valence-corrected chi connectivity index (χ0v) is 12.6. The molecule has 112 valence electrons. The molecule has 2 unspecified atom stereocenters. The van der Waals surface area contributed by atoms with Crippen LogP contribution in [-0.2, 0) is 11.2 Å². The van der Waals surface area contributed by atoms with Crippen LogP contribution in [0.5, 0.6) is 0 Å². The first-order valence-corrected chi connectivity index (χ1v) is 7.89. The molecule has 1 saturated heterocycles. The Hall–Kier alpha value is -1.39. The third-order valence-corrected chi connectivity index (χ3v) is 4.18. The first kappa shape index (κ1) is 14.5. The van der Waals surface area contributed by atoms with Gasteiger partial charge in [-0.1, -0.05) is 30.3 Å². The van der Waals surface area contributed by atoms with Crippen molar-refractivity contribution in [2.45, 2.75) is 43.6 Å². The summed E-state index contributed by atoms with van der Waals surface area (Å²) in [5.74, 6) is 1.10. The molecule has 1 aliphatic rings. The Morgan fingerprint density at radius 2 is 2.05 bits per heavy atom. The van der Waals surface area contributed by atoms with E-state index in [-0.39, 0.29) is 0 Å². The molecule has 0 saturated carbocycles. The summed E-state index contributed by atoms with van der Waals surface area (Å²) in [7, 11) is 0. The molecule has 2 heterocycles. The fourth-order valence-electron chi connectivity index (χ4n) is 2.55. The van der Waals surface area contributed by atoms with Gasteiger partial charge in [0.15, 0.2) is 0 Å². The van der Waals surface area contributed by atoms with Crippen molar-refractivity contribution in [3.63, 3.8) is 0 Å². The van der Waals surface area contributed by atoms with Crippen LogP contribution in [0, 0.1) is 0 Å². The van der Waals surface area contributed by atoms with Crippen LogP contribution in [0.2, 0.25) is 0 Å². The quantitative estimate of drug-likeness (QED) is 0.786. The third-order valence-electron chi connectivity index (χ3n) is 3.75. The standard InChI is InChI=1S/C16H19ClN2O2/c17-15(12-6-2-1-3-7-12)16-19-18-14(21-16)10-9-13-8-4-5-11-20-13/h1-3,6-7,13,15H,4-5,8-11H2. The number of hydrogen-bond donors (Lipinski definition) is 0. The first-order valence-electron chi connectivity index (χ1n) is 7.46. The highest BCUT2D eigenvalue weighted by molar-refractivity contribution is 6.22. The largest absolute Gasteiger partial charge is 0.423 e. The SMILES string of the molecule is ClC(c1ccccc1)c1nnc(CCC2CCCCO2)o1. The van der Waals surface area contributed by atoms with Crippen LogP contribution in [-0.4, -0.2) is 22.9 Å². The van der Waals surface area contributed by atoms with Crippen molar-refractivity contribution in [2.24, 2.45) is 0 Å². The predicted molar refractivity (Wildman–Crippen MR) is 80.3 cm³/mol. The van der Waals surface area contributed by atoms with E-state index < -0.39 is 5.38 Å². The summed E-state index contributed by atoms with van der Waals surface area (Å²) in [4.78, 5) is 0. The molecule has 4 nitrogen and oxygen atoms in total. The summed E-state index contributed by atoms with van der Waals surface area (Å²) in [6.45, 7) is 0.873. The zero-order valence-electron chi connectivity index (χ0n) is 11.9.